The van der Waals surface area contributed by atoms with E-state index in [1.54, 1.807) is 12.1 Å². The average Bonchev–Trinajstić information content (AvgIpc) is 2.47. The van der Waals surface area contributed by atoms with E-state index in [1.807, 2.05) is 0 Å². The van der Waals surface area contributed by atoms with Gasteiger partial charge in [0.2, 0.25) is 5.91 Å². The number of alkyl halides is 3. The quantitative estimate of drug-likeness (QED) is 0.841. The fraction of sp³-hybridized carbons (Fsp3) is 0.562. The highest BCUT2D eigenvalue weighted by Crippen LogP contribution is 2.24. The zero-order valence-electron chi connectivity index (χ0n) is 13.1. The molecule has 0 aromatic heterocycles. The number of benzene rings is 1. The van der Waals surface area contributed by atoms with Gasteiger partial charge < -0.3 is 15.8 Å². The minimum atomic E-state index is -4.68. The van der Waals surface area contributed by atoms with Gasteiger partial charge in [0.25, 0.3) is 0 Å². The van der Waals surface area contributed by atoms with Crippen LogP contribution < -0.4 is 15.8 Å². The Hall–Kier alpha value is -1.47. The van der Waals surface area contributed by atoms with Gasteiger partial charge in [0.15, 0.2) is 0 Å². The molecule has 4 nitrogen and oxygen atoms in total. The van der Waals surface area contributed by atoms with E-state index >= 15 is 0 Å². The molecule has 2 unspecified atom stereocenters. The second kappa shape index (κ2) is 9.13. The average molecular weight is 367 g/mol. The van der Waals surface area contributed by atoms with E-state index in [1.165, 1.54) is 12.1 Å². The highest BCUT2D eigenvalue weighted by Gasteiger charge is 2.31. The third-order valence-electron chi connectivity index (χ3n) is 3.96. The maximum Gasteiger partial charge on any atom is 0.573 e. The summed E-state index contributed by atoms with van der Waals surface area (Å²) in [6, 6.07) is 5.75. The third kappa shape index (κ3) is 6.97. The van der Waals surface area contributed by atoms with Crippen molar-refractivity contribution in [2.75, 3.05) is 6.54 Å². The third-order valence-corrected chi connectivity index (χ3v) is 3.96. The Kier molecular flexibility index (Phi) is 7.83. The van der Waals surface area contributed by atoms with Crippen LogP contribution in [0.15, 0.2) is 24.3 Å². The van der Waals surface area contributed by atoms with Crippen molar-refractivity contribution in [3.8, 4) is 5.75 Å². The lowest BCUT2D eigenvalue weighted by Gasteiger charge is -2.25. The fourth-order valence-electron chi connectivity index (χ4n) is 2.80. The van der Waals surface area contributed by atoms with Crippen LogP contribution in [0.4, 0.5) is 13.2 Å². The smallest absolute Gasteiger partial charge is 0.406 e. The van der Waals surface area contributed by atoms with Gasteiger partial charge in [0, 0.05) is 18.5 Å². The van der Waals surface area contributed by atoms with Crippen LogP contribution >= 0.6 is 12.4 Å². The van der Waals surface area contributed by atoms with Gasteiger partial charge in [-0.2, -0.15) is 0 Å². The normalized spacial score (nSPS) is 20.8. The standard InChI is InChI=1S/C16H21F3N2O2.ClH/c17-16(18,19)23-14-6-4-11(5-7-14)8-9-21-15(22)12-2-1-3-13(20)10-12;/h4-7,12-13H,1-3,8-10,20H2,(H,21,22);1H. The first-order valence-electron chi connectivity index (χ1n) is 7.71. The molecule has 1 aromatic carbocycles. The molecule has 3 N–H and O–H groups in total. The largest absolute Gasteiger partial charge is 0.573 e. The molecule has 0 heterocycles. The molecule has 0 spiro atoms. The van der Waals surface area contributed by atoms with Crippen LogP contribution in [0.2, 0.25) is 0 Å². The van der Waals surface area contributed by atoms with Crippen LogP contribution in [0.5, 0.6) is 5.75 Å². The summed E-state index contributed by atoms with van der Waals surface area (Å²) in [6.45, 7) is 0.448. The first-order valence-corrected chi connectivity index (χ1v) is 7.71. The topological polar surface area (TPSA) is 64.4 Å². The van der Waals surface area contributed by atoms with E-state index in [0.717, 1.165) is 31.2 Å². The van der Waals surface area contributed by atoms with Crippen LogP contribution in [0.3, 0.4) is 0 Å². The SMILES string of the molecule is Cl.NC1CCCC(C(=O)NCCc2ccc(OC(F)(F)F)cc2)C1. The van der Waals surface area contributed by atoms with E-state index in [0.29, 0.717) is 13.0 Å². The van der Waals surface area contributed by atoms with Crippen molar-refractivity contribution in [2.45, 2.75) is 44.5 Å². The molecule has 1 saturated carbocycles. The lowest BCUT2D eigenvalue weighted by Crippen LogP contribution is -2.38. The molecule has 0 saturated heterocycles. The number of halogens is 4. The highest BCUT2D eigenvalue weighted by atomic mass is 35.5. The minimum absolute atomic E-state index is 0. The van der Waals surface area contributed by atoms with Crippen molar-refractivity contribution in [1.29, 1.82) is 0 Å². The molecular weight excluding hydrogens is 345 g/mol. The Balaban J connectivity index is 0.00000288. The van der Waals surface area contributed by atoms with Crippen LogP contribution in [0.1, 0.15) is 31.2 Å². The molecule has 0 bridgehead atoms. The van der Waals surface area contributed by atoms with Gasteiger partial charge in [0.05, 0.1) is 0 Å². The summed E-state index contributed by atoms with van der Waals surface area (Å²) in [5, 5.41) is 2.87. The molecule has 0 aliphatic heterocycles. The van der Waals surface area contributed by atoms with Crippen molar-refractivity contribution in [1.82, 2.24) is 5.32 Å². The fourth-order valence-corrected chi connectivity index (χ4v) is 2.80. The summed E-state index contributed by atoms with van der Waals surface area (Å²) in [4.78, 5) is 12.0. The highest BCUT2D eigenvalue weighted by molar-refractivity contribution is 5.85. The Morgan fingerprint density at radius 3 is 2.50 bits per heavy atom. The van der Waals surface area contributed by atoms with Gasteiger partial charge in [0.1, 0.15) is 5.75 Å². The number of ether oxygens (including phenoxy) is 1. The van der Waals surface area contributed by atoms with E-state index in [4.69, 9.17) is 5.73 Å². The Bertz CT molecular complexity index is 523. The van der Waals surface area contributed by atoms with Crippen molar-refractivity contribution >= 4 is 18.3 Å². The predicted octanol–water partition coefficient (Wildman–Crippen LogP) is 3.18. The van der Waals surface area contributed by atoms with E-state index < -0.39 is 6.36 Å². The Morgan fingerprint density at radius 1 is 1.25 bits per heavy atom. The van der Waals surface area contributed by atoms with Gasteiger partial charge in [-0.25, -0.2) is 0 Å². The molecule has 1 aliphatic carbocycles. The summed E-state index contributed by atoms with van der Waals surface area (Å²) in [7, 11) is 0. The summed E-state index contributed by atoms with van der Waals surface area (Å²) in [5.41, 5.74) is 6.70. The molecule has 2 atom stereocenters. The molecular formula is C16H22ClF3N2O2. The predicted molar refractivity (Wildman–Crippen MR) is 87.0 cm³/mol. The first-order chi connectivity index (χ1) is 10.8. The molecule has 1 aromatic rings. The van der Waals surface area contributed by atoms with Crippen LogP contribution in [-0.4, -0.2) is 24.9 Å². The molecule has 2 rings (SSSR count). The Labute approximate surface area is 145 Å². The minimum Gasteiger partial charge on any atom is -0.406 e. The van der Waals surface area contributed by atoms with Crippen molar-refractivity contribution < 1.29 is 22.7 Å². The van der Waals surface area contributed by atoms with E-state index in [9.17, 15) is 18.0 Å². The lowest BCUT2D eigenvalue weighted by atomic mass is 9.85. The van der Waals surface area contributed by atoms with Gasteiger partial charge in [-0.3, -0.25) is 4.79 Å². The maximum atomic E-state index is 12.1. The summed E-state index contributed by atoms with van der Waals surface area (Å²) in [6.07, 6.45) is -0.610. The molecule has 1 fully saturated rings. The van der Waals surface area contributed by atoms with Crippen molar-refractivity contribution in [2.24, 2.45) is 11.7 Å². The number of nitrogens with one attached hydrogen (secondary N) is 1. The van der Waals surface area contributed by atoms with Crippen LogP contribution in [0.25, 0.3) is 0 Å². The maximum absolute atomic E-state index is 12.1. The summed E-state index contributed by atoms with van der Waals surface area (Å²) >= 11 is 0. The van der Waals surface area contributed by atoms with Gasteiger partial charge in [-0.1, -0.05) is 18.6 Å². The number of hydrogen-bond donors (Lipinski definition) is 2. The number of hydrogen-bond acceptors (Lipinski definition) is 3. The van der Waals surface area contributed by atoms with Crippen LogP contribution in [0, 0.1) is 5.92 Å². The van der Waals surface area contributed by atoms with Gasteiger partial charge in [-0.15, -0.1) is 25.6 Å². The van der Waals surface area contributed by atoms with Crippen molar-refractivity contribution in [3.63, 3.8) is 0 Å². The van der Waals surface area contributed by atoms with Crippen molar-refractivity contribution in [3.05, 3.63) is 29.8 Å². The lowest BCUT2D eigenvalue weighted by molar-refractivity contribution is -0.274. The van der Waals surface area contributed by atoms with Crippen LogP contribution in [-0.2, 0) is 11.2 Å². The molecule has 8 heteroatoms. The number of carbonyl (C=O) groups excluding carboxylic acids is 1. The molecule has 0 radical (unpaired) electrons. The van der Waals surface area contributed by atoms with E-state index in [-0.39, 0.29) is 36.0 Å². The first kappa shape index (κ1) is 20.6. The second-order valence-corrected chi connectivity index (χ2v) is 5.86. The number of carbonyl (C=O) groups is 1. The van der Waals surface area contributed by atoms with Gasteiger partial charge >= 0.3 is 6.36 Å². The molecule has 1 amide bonds. The molecule has 24 heavy (non-hydrogen) atoms. The second-order valence-electron chi connectivity index (χ2n) is 5.86. The monoisotopic (exact) mass is 366 g/mol. The molecule has 136 valence electrons. The summed E-state index contributed by atoms with van der Waals surface area (Å²) < 4.78 is 40.0. The zero-order chi connectivity index (χ0) is 16.9. The number of rotatable bonds is 5. The summed E-state index contributed by atoms with van der Waals surface area (Å²) in [5.74, 6) is -0.264. The number of amides is 1. The molecule has 1 aliphatic rings. The Morgan fingerprint density at radius 2 is 1.92 bits per heavy atom. The van der Waals surface area contributed by atoms with E-state index in [2.05, 4.69) is 10.1 Å². The van der Waals surface area contributed by atoms with Gasteiger partial charge in [-0.05, 0) is 43.4 Å². The number of nitrogens with two attached hydrogens (primary N) is 1. The zero-order valence-corrected chi connectivity index (χ0v) is 14.0.